The van der Waals surface area contributed by atoms with Crippen molar-refractivity contribution < 1.29 is 13.2 Å². The number of carbonyl (C=O) groups is 1. The standard InChI is InChI=1S/C27H24ClN3O3S2/c28-22-11-13-23(14-12-22)36(33,34)31-17-15-21(16-18-31)26(32)30-27-29-24(19-7-3-1-4-8-19)25(35-27)20-9-5-2-6-10-20/h1-14,21H,15-18H2,(H,29,30,32). The molecule has 0 bridgehead atoms. The lowest BCUT2D eigenvalue weighted by Gasteiger charge is -2.30. The molecule has 0 atom stereocenters. The second kappa shape index (κ2) is 10.5. The van der Waals surface area contributed by atoms with Crippen LogP contribution in [0.15, 0.2) is 89.8 Å². The zero-order valence-corrected chi connectivity index (χ0v) is 21.7. The molecule has 1 aliphatic heterocycles. The lowest BCUT2D eigenvalue weighted by Crippen LogP contribution is -2.41. The number of nitrogens with one attached hydrogen (secondary N) is 1. The monoisotopic (exact) mass is 537 g/mol. The van der Waals surface area contributed by atoms with Gasteiger partial charge >= 0.3 is 0 Å². The molecule has 5 rings (SSSR count). The normalized spacial score (nSPS) is 15.0. The molecule has 6 nitrogen and oxygen atoms in total. The van der Waals surface area contributed by atoms with Crippen LogP contribution in [0.4, 0.5) is 5.13 Å². The molecule has 184 valence electrons. The third kappa shape index (κ3) is 5.22. The van der Waals surface area contributed by atoms with Gasteiger partial charge in [0.25, 0.3) is 0 Å². The van der Waals surface area contributed by atoms with Crippen LogP contribution in [0.3, 0.4) is 0 Å². The van der Waals surface area contributed by atoms with Crippen LogP contribution in [-0.2, 0) is 14.8 Å². The van der Waals surface area contributed by atoms with E-state index in [4.69, 9.17) is 16.6 Å². The lowest BCUT2D eigenvalue weighted by molar-refractivity contribution is -0.120. The number of amides is 1. The highest BCUT2D eigenvalue weighted by Crippen LogP contribution is 2.39. The van der Waals surface area contributed by atoms with Crippen LogP contribution in [-0.4, -0.2) is 36.7 Å². The van der Waals surface area contributed by atoms with Crippen molar-refractivity contribution in [1.82, 2.24) is 9.29 Å². The fraction of sp³-hybridized carbons (Fsp3) is 0.185. The van der Waals surface area contributed by atoms with Crippen molar-refractivity contribution >= 4 is 44.0 Å². The summed E-state index contributed by atoms with van der Waals surface area (Å²) in [6.45, 7) is 0.566. The molecule has 36 heavy (non-hydrogen) atoms. The van der Waals surface area contributed by atoms with Gasteiger partial charge in [0.15, 0.2) is 5.13 Å². The summed E-state index contributed by atoms with van der Waals surface area (Å²) in [6.07, 6.45) is 0.891. The first-order valence-corrected chi connectivity index (χ1v) is 14.2. The number of hydrogen-bond donors (Lipinski definition) is 1. The first kappa shape index (κ1) is 24.6. The van der Waals surface area contributed by atoms with Crippen molar-refractivity contribution in [3.8, 4) is 21.7 Å². The van der Waals surface area contributed by atoms with Crippen molar-refractivity contribution in [2.45, 2.75) is 17.7 Å². The number of thiazole rings is 1. The maximum Gasteiger partial charge on any atom is 0.243 e. The van der Waals surface area contributed by atoms with Gasteiger partial charge in [-0.3, -0.25) is 4.79 Å². The largest absolute Gasteiger partial charge is 0.302 e. The summed E-state index contributed by atoms with van der Waals surface area (Å²) in [5.41, 5.74) is 2.84. The summed E-state index contributed by atoms with van der Waals surface area (Å²) < 4.78 is 27.3. The molecule has 0 aliphatic carbocycles. The van der Waals surface area contributed by atoms with Gasteiger partial charge in [-0.05, 0) is 42.7 Å². The van der Waals surface area contributed by atoms with Crippen LogP contribution >= 0.6 is 22.9 Å². The highest BCUT2D eigenvalue weighted by Gasteiger charge is 2.32. The van der Waals surface area contributed by atoms with Gasteiger partial charge < -0.3 is 5.32 Å². The van der Waals surface area contributed by atoms with Crippen LogP contribution in [0.25, 0.3) is 21.7 Å². The zero-order valence-electron chi connectivity index (χ0n) is 19.3. The van der Waals surface area contributed by atoms with Gasteiger partial charge in [0, 0.05) is 29.6 Å². The Kier molecular flexibility index (Phi) is 7.20. The second-order valence-electron chi connectivity index (χ2n) is 8.55. The first-order valence-electron chi connectivity index (χ1n) is 11.6. The molecule has 0 radical (unpaired) electrons. The highest BCUT2D eigenvalue weighted by molar-refractivity contribution is 7.89. The fourth-order valence-corrected chi connectivity index (χ4v) is 6.86. The van der Waals surface area contributed by atoms with E-state index in [0.717, 1.165) is 21.7 Å². The molecule has 0 unspecified atom stereocenters. The molecular formula is C27H24ClN3O3S2. The van der Waals surface area contributed by atoms with E-state index in [1.807, 2.05) is 60.7 Å². The van der Waals surface area contributed by atoms with Gasteiger partial charge in [-0.25, -0.2) is 13.4 Å². The van der Waals surface area contributed by atoms with Gasteiger partial charge in [0.1, 0.15) is 0 Å². The lowest BCUT2D eigenvalue weighted by atomic mass is 9.97. The second-order valence-corrected chi connectivity index (χ2v) is 11.9. The number of carbonyl (C=O) groups excluding carboxylic acids is 1. The van der Waals surface area contributed by atoms with Crippen molar-refractivity contribution in [1.29, 1.82) is 0 Å². The van der Waals surface area contributed by atoms with E-state index < -0.39 is 10.0 Å². The summed E-state index contributed by atoms with van der Waals surface area (Å²) in [7, 11) is -3.62. The maximum atomic E-state index is 13.1. The maximum absolute atomic E-state index is 13.1. The van der Waals surface area contributed by atoms with Gasteiger partial charge in [0.05, 0.1) is 15.5 Å². The molecule has 1 aliphatic rings. The summed E-state index contributed by atoms with van der Waals surface area (Å²) in [6, 6.07) is 26.0. The number of hydrogen-bond acceptors (Lipinski definition) is 5. The summed E-state index contributed by atoms with van der Waals surface area (Å²) in [4.78, 5) is 19.1. The SMILES string of the molecule is O=C(Nc1nc(-c2ccccc2)c(-c2ccccc2)s1)C1CCN(S(=O)(=O)c2ccc(Cl)cc2)CC1. The Balaban J connectivity index is 1.30. The molecule has 4 aromatic rings. The van der Waals surface area contributed by atoms with E-state index in [-0.39, 0.29) is 29.8 Å². The van der Waals surface area contributed by atoms with Gasteiger partial charge in [-0.1, -0.05) is 83.6 Å². The van der Waals surface area contributed by atoms with Crippen LogP contribution in [0, 0.1) is 5.92 Å². The van der Waals surface area contributed by atoms with E-state index in [2.05, 4.69) is 5.32 Å². The van der Waals surface area contributed by atoms with Crippen LogP contribution < -0.4 is 5.32 Å². The molecule has 9 heteroatoms. The van der Waals surface area contributed by atoms with Gasteiger partial charge in [-0.2, -0.15) is 4.31 Å². The Morgan fingerprint density at radius 3 is 2.08 bits per heavy atom. The average Bonchev–Trinajstić information content (AvgIpc) is 3.34. The third-order valence-corrected chi connectivity index (χ3v) is 9.40. The number of piperidine rings is 1. The molecule has 1 N–H and O–H groups in total. The third-order valence-electron chi connectivity index (χ3n) is 6.22. The predicted molar refractivity (Wildman–Crippen MR) is 145 cm³/mol. The van der Waals surface area contributed by atoms with E-state index in [0.29, 0.717) is 23.0 Å². The van der Waals surface area contributed by atoms with E-state index in [1.54, 1.807) is 12.1 Å². The van der Waals surface area contributed by atoms with Crippen molar-refractivity contribution in [2.75, 3.05) is 18.4 Å². The first-order chi connectivity index (χ1) is 17.4. The Labute approximate surface area is 219 Å². The quantitative estimate of drug-likeness (QED) is 0.319. The number of aromatic nitrogens is 1. The van der Waals surface area contributed by atoms with Crippen LogP contribution in [0.1, 0.15) is 12.8 Å². The van der Waals surface area contributed by atoms with E-state index in [9.17, 15) is 13.2 Å². The number of benzene rings is 3. The van der Waals surface area contributed by atoms with E-state index >= 15 is 0 Å². The smallest absolute Gasteiger partial charge is 0.243 e. The molecule has 0 saturated carbocycles. The number of nitrogens with zero attached hydrogens (tertiary/aromatic N) is 2. The molecule has 1 amide bonds. The van der Waals surface area contributed by atoms with Gasteiger partial charge in [0.2, 0.25) is 15.9 Å². The number of anilines is 1. The Morgan fingerprint density at radius 2 is 1.47 bits per heavy atom. The predicted octanol–water partition coefficient (Wildman–Crippen LogP) is 6.17. The van der Waals surface area contributed by atoms with Crippen molar-refractivity contribution in [2.24, 2.45) is 5.92 Å². The molecule has 1 aromatic heterocycles. The molecule has 1 fully saturated rings. The minimum Gasteiger partial charge on any atom is -0.302 e. The highest BCUT2D eigenvalue weighted by atomic mass is 35.5. The Hall–Kier alpha value is -3.04. The topological polar surface area (TPSA) is 79.4 Å². The van der Waals surface area contributed by atoms with Crippen molar-refractivity contribution in [3.63, 3.8) is 0 Å². The fourth-order valence-electron chi connectivity index (χ4n) is 4.27. The average molecular weight is 538 g/mol. The Morgan fingerprint density at radius 1 is 0.889 bits per heavy atom. The summed E-state index contributed by atoms with van der Waals surface area (Å²) >= 11 is 7.33. The Bertz CT molecular complexity index is 1390. The number of sulfonamides is 1. The van der Waals surface area contributed by atoms with E-state index in [1.165, 1.54) is 27.8 Å². The molecule has 1 saturated heterocycles. The molecule has 2 heterocycles. The summed E-state index contributed by atoms with van der Waals surface area (Å²) in [5.74, 6) is -0.419. The molecule has 0 spiro atoms. The van der Waals surface area contributed by atoms with Crippen molar-refractivity contribution in [3.05, 3.63) is 90.0 Å². The summed E-state index contributed by atoms with van der Waals surface area (Å²) in [5, 5.41) is 4.01. The minimum atomic E-state index is -3.62. The zero-order chi connectivity index (χ0) is 25.1. The minimum absolute atomic E-state index is 0.133. The number of rotatable bonds is 6. The van der Waals surface area contributed by atoms with Gasteiger partial charge in [-0.15, -0.1) is 0 Å². The van der Waals surface area contributed by atoms with Crippen LogP contribution in [0.2, 0.25) is 5.02 Å². The molecule has 3 aromatic carbocycles. The van der Waals surface area contributed by atoms with Crippen LogP contribution in [0.5, 0.6) is 0 Å². The molecular weight excluding hydrogens is 514 g/mol. The number of halogens is 1.